The van der Waals surface area contributed by atoms with Gasteiger partial charge in [-0.1, -0.05) is 0 Å². The van der Waals surface area contributed by atoms with Crippen LogP contribution in [0.25, 0.3) is 6.08 Å². The Morgan fingerprint density at radius 3 is 2.76 bits per heavy atom. The molecule has 0 bridgehead atoms. The van der Waals surface area contributed by atoms with Crippen LogP contribution in [0.5, 0.6) is 0 Å². The molecule has 5 nitrogen and oxygen atoms in total. The van der Waals surface area contributed by atoms with Gasteiger partial charge in [-0.05, 0) is 28.5 Å². The molecule has 0 unspecified atom stereocenters. The monoisotopic (exact) mass is 300 g/mol. The molecule has 2 aromatic rings. The van der Waals surface area contributed by atoms with E-state index >= 15 is 0 Å². The first kappa shape index (κ1) is 13.8. The molecule has 1 aliphatic heterocycles. The highest BCUT2D eigenvalue weighted by atomic mass is 32.1. The molecule has 2 aromatic heterocycles. The SMILES string of the molecule is O=C(C=Cc1ccsc1)N1CCN(c2cnccn2)CC1. The van der Waals surface area contributed by atoms with Crippen LogP contribution in [-0.2, 0) is 4.79 Å². The second kappa shape index (κ2) is 6.49. The zero-order chi connectivity index (χ0) is 14.5. The van der Waals surface area contributed by atoms with Crippen molar-refractivity contribution in [3.05, 3.63) is 47.1 Å². The van der Waals surface area contributed by atoms with E-state index in [1.807, 2.05) is 27.8 Å². The summed E-state index contributed by atoms with van der Waals surface area (Å²) in [6.45, 7) is 3.00. The molecule has 0 aromatic carbocycles. The third-order valence-corrected chi connectivity index (χ3v) is 4.13. The van der Waals surface area contributed by atoms with Gasteiger partial charge in [-0.2, -0.15) is 11.3 Å². The molecular formula is C15H16N4OS. The van der Waals surface area contributed by atoms with Crippen molar-refractivity contribution in [2.24, 2.45) is 0 Å². The van der Waals surface area contributed by atoms with E-state index in [0.29, 0.717) is 13.1 Å². The summed E-state index contributed by atoms with van der Waals surface area (Å²) < 4.78 is 0. The number of hydrogen-bond acceptors (Lipinski definition) is 5. The zero-order valence-electron chi connectivity index (χ0n) is 11.6. The fraction of sp³-hybridized carbons (Fsp3) is 0.267. The standard InChI is InChI=1S/C15H16N4OS/c20-15(2-1-13-3-10-21-12-13)19-8-6-18(7-9-19)14-11-16-4-5-17-14/h1-5,10-12H,6-9H2. The normalized spacial score (nSPS) is 15.6. The predicted octanol–water partition coefficient (Wildman–Crippen LogP) is 1.90. The van der Waals surface area contributed by atoms with Crippen molar-refractivity contribution in [3.8, 4) is 0 Å². The lowest BCUT2D eigenvalue weighted by Gasteiger charge is -2.34. The maximum Gasteiger partial charge on any atom is 0.246 e. The lowest BCUT2D eigenvalue weighted by atomic mass is 10.2. The Morgan fingerprint density at radius 1 is 1.24 bits per heavy atom. The van der Waals surface area contributed by atoms with Crippen molar-refractivity contribution >= 4 is 29.1 Å². The number of anilines is 1. The molecule has 3 rings (SSSR count). The second-order valence-electron chi connectivity index (χ2n) is 4.77. The highest BCUT2D eigenvalue weighted by molar-refractivity contribution is 7.08. The largest absolute Gasteiger partial charge is 0.352 e. The van der Waals surface area contributed by atoms with Crippen molar-refractivity contribution in [3.63, 3.8) is 0 Å². The first-order valence-corrected chi connectivity index (χ1v) is 7.77. The molecule has 1 amide bonds. The van der Waals surface area contributed by atoms with E-state index in [1.165, 1.54) is 0 Å². The number of nitrogens with zero attached hydrogens (tertiary/aromatic N) is 4. The van der Waals surface area contributed by atoms with E-state index in [4.69, 9.17) is 0 Å². The molecule has 0 radical (unpaired) electrons. The van der Waals surface area contributed by atoms with Gasteiger partial charge in [0.05, 0.1) is 6.20 Å². The zero-order valence-corrected chi connectivity index (χ0v) is 12.4. The van der Waals surface area contributed by atoms with Gasteiger partial charge in [0, 0.05) is 44.6 Å². The highest BCUT2D eigenvalue weighted by Gasteiger charge is 2.20. The maximum atomic E-state index is 12.1. The van der Waals surface area contributed by atoms with Gasteiger partial charge in [0.15, 0.2) is 0 Å². The minimum absolute atomic E-state index is 0.0694. The van der Waals surface area contributed by atoms with Gasteiger partial charge in [-0.3, -0.25) is 9.78 Å². The van der Waals surface area contributed by atoms with Crippen LogP contribution in [0.1, 0.15) is 5.56 Å². The third kappa shape index (κ3) is 3.46. The summed E-state index contributed by atoms with van der Waals surface area (Å²) in [5.41, 5.74) is 1.08. The molecule has 6 heteroatoms. The Kier molecular flexibility index (Phi) is 4.25. The quantitative estimate of drug-likeness (QED) is 0.812. The first-order chi connectivity index (χ1) is 10.3. The minimum Gasteiger partial charge on any atom is -0.352 e. The van der Waals surface area contributed by atoms with E-state index in [0.717, 1.165) is 24.5 Å². The summed E-state index contributed by atoms with van der Waals surface area (Å²) in [6.07, 6.45) is 8.64. The van der Waals surface area contributed by atoms with Crippen LogP contribution in [0.15, 0.2) is 41.5 Å². The molecule has 1 saturated heterocycles. The smallest absolute Gasteiger partial charge is 0.246 e. The molecule has 0 N–H and O–H groups in total. The number of rotatable bonds is 3. The number of hydrogen-bond donors (Lipinski definition) is 0. The number of carbonyl (C=O) groups is 1. The van der Waals surface area contributed by atoms with Crippen LogP contribution in [-0.4, -0.2) is 47.0 Å². The van der Waals surface area contributed by atoms with Crippen LogP contribution in [0.3, 0.4) is 0 Å². The molecule has 0 saturated carbocycles. The van der Waals surface area contributed by atoms with E-state index < -0.39 is 0 Å². The molecule has 0 aliphatic carbocycles. The molecule has 0 atom stereocenters. The topological polar surface area (TPSA) is 49.3 Å². The van der Waals surface area contributed by atoms with Gasteiger partial charge in [-0.25, -0.2) is 4.98 Å². The number of amides is 1. The van der Waals surface area contributed by atoms with E-state index in [1.54, 1.807) is 36.0 Å². The molecule has 3 heterocycles. The lowest BCUT2D eigenvalue weighted by Crippen LogP contribution is -2.48. The summed E-state index contributed by atoms with van der Waals surface area (Å²) in [6, 6.07) is 2.00. The van der Waals surface area contributed by atoms with Crippen molar-refractivity contribution in [1.82, 2.24) is 14.9 Å². The second-order valence-corrected chi connectivity index (χ2v) is 5.55. The molecule has 21 heavy (non-hydrogen) atoms. The van der Waals surface area contributed by atoms with Crippen molar-refractivity contribution in [2.75, 3.05) is 31.1 Å². The van der Waals surface area contributed by atoms with Crippen LogP contribution >= 0.6 is 11.3 Å². The Hall–Kier alpha value is -2.21. The van der Waals surface area contributed by atoms with Gasteiger partial charge in [-0.15, -0.1) is 0 Å². The fourth-order valence-electron chi connectivity index (χ4n) is 2.25. The minimum atomic E-state index is 0.0694. The van der Waals surface area contributed by atoms with Crippen LogP contribution in [0.4, 0.5) is 5.82 Å². The summed E-state index contributed by atoms with van der Waals surface area (Å²) in [4.78, 5) is 24.5. The average molecular weight is 300 g/mol. The summed E-state index contributed by atoms with van der Waals surface area (Å²) in [5, 5.41) is 4.03. The Bertz CT molecular complexity index is 604. The summed E-state index contributed by atoms with van der Waals surface area (Å²) >= 11 is 1.63. The van der Waals surface area contributed by atoms with Crippen molar-refractivity contribution in [1.29, 1.82) is 0 Å². The van der Waals surface area contributed by atoms with Crippen LogP contribution < -0.4 is 4.90 Å². The average Bonchev–Trinajstić information content (AvgIpc) is 3.07. The first-order valence-electron chi connectivity index (χ1n) is 6.83. The van der Waals surface area contributed by atoms with E-state index in [9.17, 15) is 4.79 Å². The third-order valence-electron chi connectivity index (χ3n) is 3.43. The van der Waals surface area contributed by atoms with Crippen molar-refractivity contribution in [2.45, 2.75) is 0 Å². The van der Waals surface area contributed by atoms with E-state index in [2.05, 4.69) is 14.9 Å². The molecule has 1 fully saturated rings. The van der Waals surface area contributed by atoms with Gasteiger partial charge < -0.3 is 9.80 Å². The predicted molar refractivity (Wildman–Crippen MR) is 84.2 cm³/mol. The van der Waals surface area contributed by atoms with Gasteiger partial charge in [0.25, 0.3) is 0 Å². The molecule has 108 valence electrons. The number of aromatic nitrogens is 2. The van der Waals surface area contributed by atoms with Gasteiger partial charge in [0.2, 0.25) is 5.91 Å². The Morgan fingerprint density at radius 2 is 2.10 bits per heavy atom. The van der Waals surface area contributed by atoms with Crippen molar-refractivity contribution < 1.29 is 4.79 Å². The number of thiophene rings is 1. The van der Waals surface area contributed by atoms with Crippen LogP contribution in [0, 0.1) is 0 Å². The van der Waals surface area contributed by atoms with Gasteiger partial charge >= 0.3 is 0 Å². The molecule has 1 aliphatic rings. The summed E-state index contributed by atoms with van der Waals surface area (Å²) in [5.74, 6) is 0.943. The summed E-state index contributed by atoms with van der Waals surface area (Å²) in [7, 11) is 0. The van der Waals surface area contributed by atoms with Gasteiger partial charge in [0.1, 0.15) is 5.82 Å². The fourth-order valence-corrected chi connectivity index (χ4v) is 2.88. The van der Waals surface area contributed by atoms with E-state index in [-0.39, 0.29) is 5.91 Å². The molecule has 0 spiro atoms. The maximum absolute atomic E-state index is 12.1. The Labute approximate surface area is 127 Å². The lowest BCUT2D eigenvalue weighted by molar-refractivity contribution is -0.126. The molecular weight excluding hydrogens is 284 g/mol. The number of carbonyl (C=O) groups excluding carboxylic acids is 1. The van der Waals surface area contributed by atoms with Crippen LogP contribution in [0.2, 0.25) is 0 Å². The Balaban J connectivity index is 1.55. The highest BCUT2D eigenvalue weighted by Crippen LogP contribution is 2.12. The number of piperazine rings is 1.